The molecule has 0 fully saturated rings. The third-order valence-corrected chi connectivity index (χ3v) is 4.72. The molecule has 0 saturated heterocycles. The average molecular weight is 490 g/mol. The molecule has 0 unspecified atom stereocenters. The minimum Gasteiger partial charge on any atom is -0.443 e. The van der Waals surface area contributed by atoms with E-state index in [-0.39, 0.29) is 17.2 Å². The number of nitrogens with one attached hydrogen (secondary N) is 2. The number of rotatable bonds is 5. The number of halogens is 1. The summed E-state index contributed by atoms with van der Waals surface area (Å²) in [5.41, 5.74) is 6.24. The normalized spacial score (nSPS) is 13.2. The van der Waals surface area contributed by atoms with E-state index in [4.69, 9.17) is 22.1 Å². The fourth-order valence-corrected chi connectivity index (χ4v) is 3.05. The predicted octanol–water partition coefficient (Wildman–Crippen LogP) is 2.35. The highest BCUT2D eigenvalue weighted by molar-refractivity contribution is 6.30. The van der Waals surface area contributed by atoms with Crippen molar-refractivity contribution < 1.29 is 29.3 Å². The van der Waals surface area contributed by atoms with Gasteiger partial charge in [0.25, 0.3) is 11.8 Å². The van der Waals surface area contributed by atoms with Crippen molar-refractivity contribution >= 4 is 57.9 Å². The van der Waals surface area contributed by atoms with Gasteiger partial charge in [0.2, 0.25) is 5.95 Å². The summed E-state index contributed by atoms with van der Waals surface area (Å²) < 4.78 is 6.41. The molecular weight excluding hydrogens is 466 g/mol. The number of anilines is 3. The molecule has 11 nitrogen and oxygen atoms in total. The number of benzene rings is 2. The number of aliphatic hydroxyl groups excluding tert-OH is 2. The molecule has 0 radical (unpaired) electrons. The van der Waals surface area contributed by atoms with Crippen LogP contribution in [0.1, 0.15) is 20.8 Å². The van der Waals surface area contributed by atoms with Gasteiger partial charge in [-0.15, -0.1) is 0 Å². The lowest BCUT2D eigenvalue weighted by molar-refractivity contribution is -0.139. The number of fused-ring (bicyclic) bond motifs is 1. The van der Waals surface area contributed by atoms with E-state index in [1.54, 1.807) is 20.8 Å². The minimum absolute atomic E-state index is 0.109. The Morgan fingerprint density at radius 1 is 1.00 bits per heavy atom. The summed E-state index contributed by atoms with van der Waals surface area (Å²) in [6.07, 6.45) is -4.82. The van der Waals surface area contributed by atoms with Crippen LogP contribution in [0.3, 0.4) is 0 Å². The molecule has 2 atom stereocenters. The number of amides is 2. The number of carbonyl (C=O) groups excluding carboxylic acids is 3. The zero-order valence-corrected chi connectivity index (χ0v) is 19.3. The molecule has 0 aliphatic carbocycles. The van der Waals surface area contributed by atoms with Crippen molar-refractivity contribution in [3.05, 3.63) is 47.5 Å². The van der Waals surface area contributed by atoms with Crippen LogP contribution in [-0.2, 0) is 14.3 Å². The molecule has 0 spiro atoms. The molecule has 6 N–H and O–H groups in total. The first-order valence-electron chi connectivity index (χ1n) is 10.1. The largest absolute Gasteiger partial charge is 0.443 e. The fourth-order valence-electron chi connectivity index (χ4n) is 2.93. The summed E-state index contributed by atoms with van der Waals surface area (Å²) in [5.74, 6) is -2.12. The highest BCUT2D eigenvalue weighted by atomic mass is 35.5. The average Bonchev–Trinajstić information content (AvgIpc) is 3.08. The molecule has 2 aromatic carbocycles. The van der Waals surface area contributed by atoms with E-state index in [9.17, 15) is 24.6 Å². The van der Waals surface area contributed by atoms with Crippen LogP contribution >= 0.6 is 11.6 Å². The van der Waals surface area contributed by atoms with Gasteiger partial charge in [-0.05, 0) is 63.2 Å². The van der Waals surface area contributed by atoms with Gasteiger partial charge in [0.05, 0.1) is 11.0 Å². The lowest BCUT2D eigenvalue weighted by Crippen LogP contribution is -2.45. The lowest BCUT2D eigenvalue weighted by atomic mass is 10.1. The molecule has 180 valence electrons. The van der Waals surface area contributed by atoms with Crippen LogP contribution in [-0.4, -0.2) is 55.5 Å². The Bertz CT molecular complexity index is 1240. The van der Waals surface area contributed by atoms with Gasteiger partial charge in [-0.3, -0.25) is 9.59 Å². The van der Waals surface area contributed by atoms with Crippen LogP contribution < -0.4 is 16.4 Å². The van der Waals surface area contributed by atoms with Crippen molar-refractivity contribution in [3.63, 3.8) is 0 Å². The number of hydrogen-bond donors (Lipinski definition) is 5. The van der Waals surface area contributed by atoms with Crippen molar-refractivity contribution in [3.8, 4) is 0 Å². The Hall–Kier alpha value is -3.67. The Morgan fingerprint density at radius 2 is 1.53 bits per heavy atom. The van der Waals surface area contributed by atoms with Gasteiger partial charge in [-0.1, -0.05) is 11.6 Å². The Balaban J connectivity index is 1.70. The van der Waals surface area contributed by atoms with Crippen LogP contribution in [0.4, 0.5) is 22.1 Å². The maximum Gasteiger partial charge on any atom is 0.421 e. The van der Waals surface area contributed by atoms with Gasteiger partial charge in [0.15, 0.2) is 12.2 Å². The number of carbonyl (C=O) groups is 3. The lowest BCUT2D eigenvalue weighted by Gasteiger charge is -2.20. The van der Waals surface area contributed by atoms with Gasteiger partial charge < -0.3 is 31.3 Å². The highest BCUT2D eigenvalue weighted by Crippen LogP contribution is 2.23. The van der Waals surface area contributed by atoms with Crippen molar-refractivity contribution in [2.24, 2.45) is 0 Å². The summed E-state index contributed by atoms with van der Waals surface area (Å²) in [6, 6.07) is 10.4. The number of imidazole rings is 1. The van der Waals surface area contributed by atoms with E-state index in [1.165, 1.54) is 42.5 Å². The molecule has 2 amide bonds. The number of hydrogen-bond acceptors (Lipinski definition) is 8. The number of nitrogens with zero attached hydrogens (tertiary/aromatic N) is 2. The summed E-state index contributed by atoms with van der Waals surface area (Å²) in [4.78, 5) is 41.1. The third-order valence-electron chi connectivity index (χ3n) is 4.47. The summed E-state index contributed by atoms with van der Waals surface area (Å²) in [6.45, 7) is 5.13. The molecule has 1 heterocycles. The zero-order chi connectivity index (χ0) is 25.2. The Kier molecular flexibility index (Phi) is 7.10. The molecule has 0 aliphatic heterocycles. The number of nitrogens with two attached hydrogens (primary N) is 1. The van der Waals surface area contributed by atoms with E-state index < -0.39 is 35.7 Å². The molecule has 1 aromatic heterocycles. The van der Waals surface area contributed by atoms with Crippen molar-refractivity contribution in [2.75, 3.05) is 16.4 Å². The van der Waals surface area contributed by atoms with Gasteiger partial charge in [-0.25, -0.2) is 14.3 Å². The standard InChI is InChI=1S/C22H24ClN5O6/c1-22(2,3)34-21(33)28-15-9-8-13(10-14(15)27-20(28)24)26-19(32)17(30)16(29)18(31)25-12-6-4-11(23)5-7-12/h4-10,16-17,29-30H,1-3H3,(H2,24,27)(H,25,31)(H,26,32)/t16-,17-/m1/s1. The van der Waals surface area contributed by atoms with Crippen LogP contribution in [0.25, 0.3) is 11.0 Å². The van der Waals surface area contributed by atoms with Gasteiger partial charge in [0, 0.05) is 16.4 Å². The van der Waals surface area contributed by atoms with Gasteiger partial charge in [-0.2, -0.15) is 0 Å². The van der Waals surface area contributed by atoms with Crippen molar-refractivity contribution in [2.45, 2.75) is 38.6 Å². The van der Waals surface area contributed by atoms with Crippen molar-refractivity contribution in [1.82, 2.24) is 9.55 Å². The van der Waals surface area contributed by atoms with E-state index >= 15 is 0 Å². The Labute approximate surface area is 199 Å². The molecule has 3 rings (SSSR count). The summed E-state index contributed by atoms with van der Waals surface area (Å²) in [7, 11) is 0. The Morgan fingerprint density at radius 3 is 2.09 bits per heavy atom. The second-order valence-corrected chi connectivity index (χ2v) is 8.80. The van der Waals surface area contributed by atoms with Crippen LogP contribution in [0, 0.1) is 0 Å². The second-order valence-electron chi connectivity index (χ2n) is 8.36. The number of aromatic nitrogens is 2. The fraction of sp³-hybridized carbons (Fsp3) is 0.273. The number of ether oxygens (including phenoxy) is 1. The van der Waals surface area contributed by atoms with Crippen LogP contribution in [0.15, 0.2) is 42.5 Å². The molecule has 0 bridgehead atoms. The quantitative estimate of drug-likeness (QED) is 0.363. The topological polar surface area (TPSA) is 169 Å². The molecule has 12 heteroatoms. The SMILES string of the molecule is CC(C)(C)OC(=O)n1c(N)nc2cc(NC(=O)[C@H](O)[C@@H](O)C(=O)Nc3ccc(Cl)cc3)ccc21. The number of nitrogen functional groups attached to an aromatic ring is 1. The smallest absolute Gasteiger partial charge is 0.421 e. The van der Waals surface area contributed by atoms with E-state index in [0.29, 0.717) is 16.2 Å². The van der Waals surface area contributed by atoms with E-state index in [1.807, 2.05) is 0 Å². The first-order valence-corrected chi connectivity index (χ1v) is 10.5. The summed E-state index contributed by atoms with van der Waals surface area (Å²) in [5, 5.41) is 25.4. The highest BCUT2D eigenvalue weighted by Gasteiger charge is 2.31. The van der Waals surface area contributed by atoms with E-state index in [2.05, 4.69) is 15.6 Å². The second kappa shape index (κ2) is 9.67. The van der Waals surface area contributed by atoms with Gasteiger partial charge >= 0.3 is 6.09 Å². The van der Waals surface area contributed by atoms with Crippen molar-refractivity contribution in [1.29, 1.82) is 0 Å². The molecule has 0 saturated carbocycles. The van der Waals surface area contributed by atoms with Crippen LogP contribution in [0.5, 0.6) is 0 Å². The summed E-state index contributed by atoms with van der Waals surface area (Å²) >= 11 is 5.78. The minimum atomic E-state index is -2.06. The number of aliphatic hydroxyl groups is 2. The van der Waals surface area contributed by atoms with Crippen LogP contribution in [0.2, 0.25) is 5.02 Å². The zero-order valence-electron chi connectivity index (χ0n) is 18.6. The molecular formula is C22H24ClN5O6. The molecule has 34 heavy (non-hydrogen) atoms. The third kappa shape index (κ3) is 5.81. The monoisotopic (exact) mass is 489 g/mol. The van der Waals surface area contributed by atoms with Gasteiger partial charge in [0.1, 0.15) is 5.60 Å². The predicted molar refractivity (Wildman–Crippen MR) is 127 cm³/mol. The first-order chi connectivity index (χ1) is 15.9. The first kappa shape index (κ1) is 25.0. The van der Waals surface area contributed by atoms with E-state index in [0.717, 1.165) is 4.57 Å². The maximum atomic E-state index is 12.4. The maximum absolute atomic E-state index is 12.4. The molecule has 3 aromatic rings. The molecule has 0 aliphatic rings.